The van der Waals surface area contributed by atoms with E-state index >= 15 is 0 Å². The van der Waals surface area contributed by atoms with Gasteiger partial charge in [-0.25, -0.2) is 9.78 Å². The van der Waals surface area contributed by atoms with Crippen molar-refractivity contribution >= 4 is 23.0 Å². The molecule has 0 aliphatic carbocycles. The highest BCUT2D eigenvalue weighted by atomic mass is 19.4. The van der Waals surface area contributed by atoms with Gasteiger partial charge in [-0.1, -0.05) is 13.8 Å². The number of alkyl halides is 3. The molecule has 1 fully saturated rings. The van der Waals surface area contributed by atoms with Gasteiger partial charge in [0.1, 0.15) is 17.7 Å². The lowest BCUT2D eigenvalue weighted by Gasteiger charge is -2.32. The van der Waals surface area contributed by atoms with Crippen molar-refractivity contribution in [1.82, 2.24) is 30.5 Å². The highest BCUT2D eigenvalue weighted by Gasteiger charge is 2.41. The Hall–Kier alpha value is -3.67. The van der Waals surface area contributed by atoms with E-state index in [4.69, 9.17) is 5.73 Å². The van der Waals surface area contributed by atoms with Gasteiger partial charge in [-0.3, -0.25) is 9.78 Å². The van der Waals surface area contributed by atoms with Crippen LogP contribution in [-0.2, 0) is 16.9 Å². The number of fused-ring (bicyclic) bond motifs is 1. The molecule has 0 radical (unpaired) electrons. The Balaban J connectivity index is 1.60. The molecule has 1 aliphatic rings. The van der Waals surface area contributed by atoms with E-state index < -0.39 is 30.1 Å². The van der Waals surface area contributed by atoms with Crippen molar-refractivity contribution in [3.05, 3.63) is 48.0 Å². The van der Waals surface area contributed by atoms with Gasteiger partial charge in [0, 0.05) is 66.5 Å². The van der Waals surface area contributed by atoms with E-state index in [-0.39, 0.29) is 11.6 Å². The van der Waals surface area contributed by atoms with Gasteiger partial charge in [0.25, 0.3) is 0 Å². The van der Waals surface area contributed by atoms with Crippen molar-refractivity contribution < 1.29 is 22.8 Å². The summed E-state index contributed by atoms with van der Waals surface area (Å²) in [6.07, 6.45) is 3.84. The zero-order valence-electron chi connectivity index (χ0n) is 20.7. The summed E-state index contributed by atoms with van der Waals surface area (Å²) >= 11 is 0. The summed E-state index contributed by atoms with van der Waals surface area (Å²) in [4.78, 5) is 38.7. The molecule has 12 heteroatoms. The molecule has 3 amide bonds. The molecule has 198 valence electrons. The van der Waals surface area contributed by atoms with E-state index in [1.54, 1.807) is 43.4 Å². The number of amides is 3. The molecule has 5 N–H and O–H groups in total. The number of halogens is 3. The van der Waals surface area contributed by atoms with Crippen LogP contribution < -0.4 is 16.4 Å². The van der Waals surface area contributed by atoms with Crippen LogP contribution in [0.25, 0.3) is 22.2 Å². The van der Waals surface area contributed by atoms with E-state index in [9.17, 15) is 22.8 Å². The van der Waals surface area contributed by atoms with Gasteiger partial charge in [-0.15, -0.1) is 0 Å². The van der Waals surface area contributed by atoms with Gasteiger partial charge in [0.2, 0.25) is 5.91 Å². The molecule has 4 rings (SSSR count). The summed E-state index contributed by atoms with van der Waals surface area (Å²) in [7, 11) is 0. The van der Waals surface area contributed by atoms with E-state index in [2.05, 4.69) is 20.3 Å². The standard InChI is InChI=1S/C25H30F3N7O2/c1-15(2)25(29,22(36)34-14-24(26,27)28)18-8-17(11-30-12-18)20-13-32-21-19(20)7-16(9-31-21)10-33-23(37)35-5-3-4-6-35/h7-9,11-13,15H,3-6,10,14,29H2,1-2H3,(H,31,32)(H,33,37)(H,34,36)/t25-/m1/s1. The Bertz CT molecular complexity index is 1280. The van der Waals surface area contributed by atoms with Crippen LogP contribution >= 0.6 is 0 Å². The fourth-order valence-electron chi connectivity index (χ4n) is 4.46. The third-order valence-electron chi connectivity index (χ3n) is 6.69. The van der Waals surface area contributed by atoms with E-state index in [1.807, 2.05) is 11.4 Å². The first-order valence-corrected chi connectivity index (χ1v) is 12.1. The number of hydrogen-bond donors (Lipinski definition) is 4. The van der Waals surface area contributed by atoms with Gasteiger partial charge in [-0.05, 0) is 36.5 Å². The second-order valence-corrected chi connectivity index (χ2v) is 9.58. The van der Waals surface area contributed by atoms with Crippen LogP contribution in [0.4, 0.5) is 18.0 Å². The summed E-state index contributed by atoms with van der Waals surface area (Å²) in [6.45, 7) is 3.66. The van der Waals surface area contributed by atoms with Crippen LogP contribution in [0.15, 0.2) is 36.9 Å². The molecule has 4 heterocycles. The van der Waals surface area contributed by atoms with Gasteiger partial charge < -0.3 is 26.3 Å². The molecule has 9 nitrogen and oxygen atoms in total. The number of carbonyl (C=O) groups is 2. The van der Waals surface area contributed by atoms with Crippen LogP contribution in [0.1, 0.15) is 37.8 Å². The summed E-state index contributed by atoms with van der Waals surface area (Å²) in [5.74, 6) is -1.45. The van der Waals surface area contributed by atoms with Crippen molar-refractivity contribution in [1.29, 1.82) is 0 Å². The van der Waals surface area contributed by atoms with Crippen molar-refractivity contribution in [2.45, 2.75) is 44.9 Å². The molecule has 3 aromatic rings. The number of carbonyl (C=O) groups excluding carboxylic acids is 2. The fourth-order valence-corrected chi connectivity index (χ4v) is 4.46. The third-order valence-corrected chi connectivity index (χ3v) is 6.69. The largest absolute Gasteiger partial charge is 0.405 e. The van der Waals surface area contributed by atoms with E-state index in [1.165, 1.54) is 6.20 Å². The fraction of sp³-hybridized carbons (Fsp3) is 0.440. The Morgan fingerprint density at radius 2 is 1.86 bits per heavy atom. The van der Waals surface area contributed by atoms with Gasteiger partial charge in [0.15, 0.2) is 0 Å². The van der Waals surface area contributed by atoms with Gasteiger partial charge >= 0.3 is 12.2 Å². The molecule has 0 spiro atoms. The first-order chi connectivity index (χ1) is 17.5. The highest BCUT2D eigenvalue weighted by molar-refractivity contribution is 5.94. The normalized spacial score (nSPS) is 15.7. The number of pyridine rings is 2. The molecule has 37 heavy (non-hydrogen) atoms. The lowest BCUT2D eigenvalue weighted by atomic mass is 9.80. The quantitative estimate of drug-likeness (QED) is 0.382. The summed E-state index contributed by atoms with van der Waals surface area (Å²) in [5.41, 5.74) is 7.74. The number of H-pyrrole nitrogens is 1. The Kier molecular flexibility index (Phi) is 7.39. The van der Waals surface area contributed by atoms with Crippen molar-refractivity contribution in [3.63, 3.8) is 0 Å². The average Bonchev–Trinajstić information content (AvgIpc) is 3.55. The number of hydrogen-bond acceptors (Lipinski definition) is 5. The van der Waals surface area contributed by atoms with Gasteiger partial charge in [0.05, 0.1) is 0 Å². The maximum absolute atomic E-state index is 12.8. The number of rotatable bonds is 7. The predicted molar refractivity (Wildman–Crippen MR) is 132 cm³/mol. The minimum atomic E-state index is -4.56. The van der Waals surface area contributed by atoms with Crippen LogP contribution in [-0.4, -0.2) is 57.6 Å². The monoisotopic (exact) mass is 517 g/mol. The molecule has 0 aromatic carbocycles. The Labute approximate surface area is 212 Å². The zero-order chi connectivity index (χ0) is 26.8. The Morgan fingerprint density at radius 3 is 2.54 bits per heavy atom. The summed E-state index contributed by atoms with van der Waals surface area (Å²) < 4.78 is 38.1. The predicted octanol–water partition coefficient (Wildman–Crippen LogP) is 3.42. The van der Waals surface area contributed by atoms with Crippen LogP contribution in [0, 0.1) is 5.92 Å². The maximum Gasteiger partial charge on any atom is 0.405 e. The molecule has 0 bridgehead atoms. The maximum atomic E-state index is 12.8. The van der Waals surface area contributed by atoms with Gasteiger partial charge in [-0.2, -0.15) is 13.2 Å². The van der Waals surface area contributed by atoms with E-state index in [0.717, 1.165) is 42.4 Å². The number of aromatic amines is 1. The van der Waals surface area contributed by atoms with Crippen LogP contribution in [0.2, 0.25) is 0 Å². The highest BCUT2D eigenvalue weighted by Crippen LogP contribution is 2.33. The molecular formula is C25H30F3N7O2. The lowest BCUT2D eigenvalue weighted by molar-refractivity contribution is -0.143. The second kappa shape index (κ2) is 10.4. The van der Waals surface area contributed by atoms with Crippen LogP contribution in [0.3, 0.4) is 0 Å². The molecule has 0 unspecified atom stereocenters. The zero-order valence-corrected chi connectivity index (χ0v) is 20.7. The third kappa shape index (κ3) is 5.68. The summed E-state index contributed by atoms with van der Waals surface area (Å²) in [5, 5.41) is 5.59. The molecule has 0 saturated carbocycles. The number of aromatic nitrogens is 3. The number of nitrogens with one attached hydrogen (secondary N) is 3. The molecule has 1 saturated heterocycles. The smallest absolute Gasteiger partial charge is 0.346 e. The SMILES string of the molecule is CC(C)[C@](N)(C(=O)NCC(F)(F)F)c1cncc(-c2c[nH]c3ncc(CNC(=O)N4CCCC4)cc23)c1. The molecule has 3 aromatic heterocycles. The van der Waals surface area contributed by atoms with E-state index in [0.29, 0.717) is 17.8 Å². The molecular weight excluding hydrogens is 487 g/mol. The van der Waals surface area contributed by atoms with Crippen molar-refractivity contribution in [2.75, 3.05) is 19.6 Å². The lowest BCUT2D eigenvalue weighted by Crippen LogP contribution is -2.56. The van der Waals surface area contributed by atoms with Crippen molar-refractivity contribution in [2.24, 2.45) is 11.7 Å². The van der Waals surface area contributed by atoms with Crippen molar-refractivity contribution in [3.8, 4) is 11.1 Å². The summed E-state index contributed by atoms with van der Waals surface area (Å²) in [6, 6.07) is 3.45. The average molecular weight is 518 g/mol. The Morgan fingerprint density at radius 1 is 1.14 bits per heavy atom. The molecule has 1 aliphatic heterocycles. The first kappa shape index (κ1) is 26.4. The number of nitrogens with zero attached hydrogens (tertiary/aromatic N) is 3. The minimum absolute atomic E-state index is 0.111. The number of urea groups is 1. The first-order valence-electron chi connectivity index (χ1n) is 12.1. The number of likely N-dealkylation sites (tertiary alicyclic amines) is 1. The second-order valence-electron chi connectivity index (χ2n) is 9.58. The minimum Gasteiger partial charge on any atom is -0.346 e. The van der Waals surface area contributed by atoms with Crippen LogP contribution in [0.5, 0.6) is 0 Å². The number of nitrogens with two attached hydrogens (primary N) is 1. The topological polar surface area (TPSA) is 129 Å². The molecule has 1 atom stereocenters.